The minimum atomic E-state index is 0.472. The number of aromatic nitrogens is 3. The fourth-order valence-corrected chi connectivity index (χ4v) is 10.8. The van der Waals surface area contributed by atoms with Crippen LogP contribution in [0.25, 0.3) is 116 Å². The Morgan fingerprint density at radius 3 is 1.18 bits per heavy atom. The minimum absolute atomic E-state index is 0.472. The summed E-state index contributed by atoms with van der Waals surface area (Å²) in [5, 5.41) is 27.4. The molecule has 67 heavy (non-hydrogen) atoms. The lowest BCUT2D eigenvalue weighted by Gasteiger charge is -2.21. The Morgan fingerprint density at radius 1 is 0.269 bits per heavy atom. The zero-order valence-electron chi connectivity index (χ0n) is 36.1. The predicted octanol–water partition coefficient (Wildman–Crippen LogP) is 15.7. The number of fused-ring (bicyclic) bond motifs is 9. The summed E-state index contributed by atoms with van der Waals surface area (Å²) in [6.45, 7) is 0. The molecule has 13 rings (SSSR count). The minimum Gasteiger partial charge on any atom is -0.309 e. The van der Waals surface area contributed by atoms with Crippen molar-refractivity contribution in [3.63, 3.8) is 0 Å². The number of hydrogen-bond donors (Lipinski definition) is 0. The smallest absolute Gasteiger partial charge is 0.0998 e. The van der Waals surface area contributed by atoms with Crippen molar-refractivity contribution in [1.29, 1.82) is 10.5 Å². The van der Waals surface area contributed by atoms with Gasteiger partial charge in [-0.05, 0) is 83.4 Å². The summed E-state index contributed by atoms with van der Waals surface area (Å²) in [6, 6.07) is 83.9. The molecule has 310 valence electrons. The fourth-order valence-electron chi connectivity index (χ4n) is 10.8. The monoisotopic (exact) mass is 851 g/mol. The highest BCUT2D eigenvalue weighted by Gasteiger charge is 2.24. The molecule has 0 fully saturated rings. The van der Waals surface area contributed by atoms with E-state index in [9.17, 15) is 10.5 Å². The van der Waals surface area contributed by atoms with E-state index in [0.717, 1.165) is 66.9 Å². The summed E-state index contributed by atoms with van der Waals surface area (Å²) in [7, 11) is 0. The highest BCUT2D eigenvalue weighted by molar-refractivity contribution is 6.17. The third-order valence-electron chi connectivity index (χ3n) is 13.6. The lowest BCUT2D eigenvalue weighted by molar-refractivity contribution is 1.16. The second-order valence-electron chi connectivity index (χ2n) is 17.0. The molecule has 3 heterocycles. The molecule has 0 atom stereocenters. The van der Waals surface area contributed by atoms with Gasteiger partial charge in [0, 0.05) is 49.0 Å². The first-order chi connectivity index (χ1) is 33.2. The van der Waals surface area contributed by atoms with Crippen molar-refractivity contribution >= 4 is 65.4 Å². The average molecular weight is 852 g/mol. The molecule has 0 unspecified atom stereocenters. The highest BCUT2D eigenvalue weighted by Crippen LogP contribution is 2.46. The normalized spacial score (nSPS) is 11.6. The number of para-hydroxylation sites is 6. The Balaban J connectivity index is 1.10. The van der Waals surface area contributed by atoms with Gasteiger partial charge in [0.25, 0.3) is 0 Å². The molecule has 5 heteroatoms. The Bertz CT molecular complexity index is 4100. The molecule has 0 saturated heterocycles. The van der Waals surface area contributed by atoms with Crippen LogP contribution >= 0.6 is 0 Å². The molecule has 0 bridgehead atoms. The third-order valence-corrected chi connectivity index (χ3v) is 13.6. The maximum atomic E-state index is 10.1. The van der Waals surface area contributed by atoms with E-state index in [2.05, 4.69) is 220 Å². The molecule has 13 aromatic rings. The van der Waals surface area contributed by atoms with Crippen LogP contribution in [0, 0.1) is 22.7 Å². The highest BCUT2D eigenvalue weighted by atomic mass is 15.0. The SMILES string of the molecule is N#Cc1cccc(C#N)c1-c1ccc(-c2c(-c3ccccc3-n3c4ccccc4c4c(-n5c6ccccc6c6ccccc65)cccc43)cccc2-n2c3ccccc3c3ccccc32)cc1. The Hall–Kier alpha value is -9.42. The van der Waals surface area contributed by atoms with Crippen LogP contribution in [0.1, 0.15) is 11.1 Å². The Morgan fingerprint density at radius 2 is 0.627 bits per heavy atom. The molecule has 10 aromatic carbocycles. The van der Waals surface area contributed by atoms with Gasteiger partial charge in [-0.25, -0.2) is 0 Å². The molecule has 0 aliphatic carbocycles. The summed E-state index contributed by atoms with van der Waals surface area (Å²) < 4.78 is 7.28. The third kappa shape index (κ3) is 5.66. The number of hydrogen-bond acceptors (Lipinski definition) is 2. The largest absolute Gasteiger partial charge is 0.309 e. The zero-order valence-corrected chi connectivity index (χ0v) is 36.1. The molecular weight excluding hydrogens is 815 g/mol. The number of benzene rings is 10. The summed E-state index contributed by atoms with van der Waals surface area (Å²) >= 11 is 0. The number of rotatable bonds is 6. The van der Waals surface area contributed by atoms with Gasteiger partial charge in [0.2, 0.25) is 0 Å². The lowest BCUT2D eigenvalue weighted by Crippen LogP contribution is -2.02. The Kier molecular flexibility index (Phi) is 8.58. The first-order valence-corrected chi connectivity index (χ1v) is 22.5. The molecule has 0 aliphatic rings. The summed E-state index contributed by atoms with van der Waals surface area (Å²) in [5.41, 5.74) is 16.7. The van der Waals surface area contributed by atoms with E-state index in [1.165, 1.54) is 43.4 Å². The number of nitrogens with zero attached hydrogens (tertiary/aromatic N) is 5. The van der Waals surface area contributed by atoms with Crippen molar-refractivity contribution in [3.8, 4) is 62.6 Å². The first-order valence-electron chi connectivity index (χ1n) is 22.5. The quantitative estimate of drug-likeness (QED) is 0.167. The standard InChI is InChI=1S/C62H37N5/c63-38-42-16-13-17-43(39-64)60(42)40-34-36-41(37-35-40)61-49(24-14-31-57(61)65-51-25-7-1-18-44(51)45-19-2-8-26-52(45)65)48-22-5-11-29-55(48)67-56-30-12-6-23-50(56)62-58(32-15-33-59(62)67)66-53-27-9-3-20-46(53)47-21-4-10-28-54(47)66/h1-37H. The molecule has 0 spiro atoms. The zero-order chi connectivity index (χ0) is 44.6. The van der Waals surface area contributed by atoms with Crippen molar-refractivity contribution in [2.45, 2.75) is 0 Å². The molecular formula is C62H37N5. The molecule has 0 aliphatic heterocycles. The average Bonchev–Trinajstić information content (AvgIpc) is 4.04. The van der Waals surface area contributed by atoms with Gasteiger partial charge in [-0.1, -0.05) is 158 Å². The topological polar surface area (TPSA) is 62.4 Å². The molecule has 0 N–H and O–H groups in total. The van der Waals surface area contributed by atoms with Crippen molar-refractivity contribution in [3.05, 3.63) is 236 Å². The van der Waals surface area contributed by atoms with Crippen molar-refractivity contribution in [2.75, 3.05) is 0 Å². The van der Waals surface area contributed by atoms with Crippen molar-refractivity contribution < 1.29 is 0 Å². The molecule has 3 aromatic heterocycles. The van der Waals surface area contributed by atoms with E-state index in [1.807, 2.05) is 12.1 Å². The van der Waals surface area contributed by atoms with Crippen LogP contribution in [0.2, 0.25) is 0 Å². The van der Waals surface area contributed by atoms with Crippen LogP contribution in [-0.2, 0) is 0 Å². The van der Waals surface area contributed by atoms with Crippen LogP contribution in [-0.4, -0.2) is 13.7 Å². The van der Waals surface area contributed by atoms with Gasteiger partial charge in [-0.2, -0.15) is 10.5 Å². The summed E-state index contributed by atoms with van der Waals surface area (Å²) in [5.74, 6) is 0. The van der Waals surface area contributed by atoms with E-state index in [4.69, 9.17) is 0 Å². The lowest BCUT2D eigenvalue weighted by atomic mass is 9.89. The maximum Gasteiger partial charge on any atom is 0.0998 e. The molecule has 0 radical (unpaired) electrons. The van der Waals surface area contributed by atoms with Crippen LogP contribution < -0.4 is 0 Å². The van der Waals surface area contributed by atoms with Gasteiger partial charge >= 0.3 is 0 Å². The van der Waals surface area contributed by atoms with E-state index in [-0.39, 0.29) is 0 Å². The molecule has 5 nitrogen and oxygen atoms in total. The van der Waals surface area contributed by atoms with Crippen molar-refractivity contribution in [2.24, 2.45) is 0 Å². The van der Waals surface area contributed by atoms with Crippen molar-refractivity contribution in [1.82, 2.24) is 13.7 Å². The van der Waals surface area contributed by atoms with E-state index < -0.39 is 0 Å². The first kappa shape index (κ1) is 38.1. The van der Waals surface area contributed by atoms with E-state index >= 15 is 0 Å². The van der Waals surface area contributed by atoms with Crippen LogP contribution in [0.4, 0.5) is 0 Å². The molecule has 0 saturated carbocycles. The number of nitriles is 2. The van der Waals surface area contributed by atoms with Crippen LogP contribution in [0.15, 0.2) is 224 Å². The van der Waals surface area contributed by atoms with Gasteiger partial charge < -0.3 is 13.7 Å². The van der Waals surface area contributed by atoms with Crippen LogP contribution in [0.5, 0.6) is 0 Å². The van der Waals surface area contributed by atoms with Gasteiger partial charge in [-0.3, -0.25) is 0 Å². The van der Waals surface area contributed by atoms with Gasteiger partial charge in [0.15, 0.2) is 0 Å². The second kappa shape index (κ2) is 15.1. The molecule has 0 amide bonds. The fraction of sp³-hybridized carbons (Fsp3) is 0. The van der Waals surface area contributed by atoms with Gasteiger partial charge in [0.1, 0.15) is 0 Å². The predicted molar refractivity (Wildman–Crippen MR) is 275 cm³/mol. The van der Waals surface area contributed by atoms with Gasteiger partial charge in [0.05, 0.1) is 73.4 Å². The summed E-state index contributed by atoms with van der Waals surface area (Å²) in [4.78, 5) is 0. The Labute approximate surface area is 386 Å². The van der Waals surface area contributed by atoms with E-state index in [0.29, 0.717) is 16.7 Å². The van der Waals surface area contributed by atoms with Crippen LogP contribution in [0.3, 0.4) is 0 Å². The summed E-state index contributed by atoms with van der Waals surface area (Å²) in [6.07, 6.45) is 0. The van der Waals surface area contributed by atoms with Gasteiger partial charge in [-0.15, -0.1) is 0 Å². The maximum absolute atomic E-state index is 10.1. The second-order valence-corrected chi connectivity index (χ2v) is 17.0. The van der Waals surface area contributed by atoms with E-state index in [1.54, 1.807) is 18.2 Å².